The summed E-state index contributed by atoms with van der Waals surface area (Å²) in [7, 11) is 3.04. The summed E-state index contributed by atoms with van der Waals surface area (Å²) >= 11 is 0. The third-order valence-electron chi connectivity index (χ3n) is 3.77. The van der Waals surface area contributed by atoms with Crippen LogP contribution in [0.5, 0.6) is 0 Å². The predicted octanol–water partition coefficient (Wildman–Crippen LogP) is 2.04. The van der Waals surface area contributed by atoms with Gasteiger partial charge in [0.25, 0.3) is 5.91 Å². The fourth-order valence-corrected chi connectivity index (χ4v) is 2.40. The number of carboxylic acids is 1. The lowest BCUT2D eigenvalue weighted by atomic mass is 9.79. The van der Waals surface area contributed by atoms with Crippen LogP contribution >= 0.6 is 0 Å². The zero-order valence-corrected chi connectivity index (χ0v) is 12.1. The lowest BCUT2D eigenvalue weighted by Crippen LogP contribution is -2.50. The summed E-state index contributed by atoms with van der Waals surface area (Å²) in [5, 5.41) is 11.9. The number of carbonyl (C=O) groups excluding carboxylic acids is 1. The van der Waals surface area contributed by atoms with E-state index in [0.29, 0.717) is 24.1 Å². The molecule has 1 saturated carbocycles. The number of aromatic carboxylic acids is 1. The normalized spacial score (nSPS) is 16.1. The van der Waals surface area contributed by atoms with E-state index in [1.165, 1.54) is 26.4 Å². The van der Waals surface area contributed by atoms with Crippen molar-refractivity contribution in [1.82, 2.24) is 0 Å². The van der Waals surface area contributed by atoms with Crippen molar-refractivity contribution in [2.24, 2.45) is 0 Å². The molecule has 0 unspecified atom stereocenters. The Balaban J connectivity index is 2.22. The van der Waals surface area contributed by atoms with Crippen molar-refractivity contribution < 1.29 is 24.2 Å². The van der Waals surface area contributed by atoms with Gasteiger partial charge in [-0.15, -0.1) is 0 Å². The standard InChI is InChI=1S/C15H19NO5/c1-20-9-10-6-11(13(17)18)8-12(7-10)16-14(19)15(21-2)4-3-5-15/h6-8H,3-5,9H2,1-2H3,(H,16,19)(H,17,18). The van der Waals surface area contributed by atoms with Crippen LogP contribution in [0.15, 0.2) is 18.2 Å². The number of hydrogen-bond donors (Lipinski definition) is 2. The maximum atomic E-state index is 12.3. The lowest BCUT2D eigenvalue weighted by Gasteiger charge is -2.38. The van der Waals surface area contributed by atoms with E-state index in [9.17, 15) is 9.59 Å². The Hall–Kier alpha value is -1.92. The Kier molecular flexibility index (Phi) is 4.59. The van der Waals surface area contributed by atoms with Crippen molar-refractivity contribution in [2.45, 2.75) is 31.5 Å². The van der Waals surface area contributed by atoms with Crippen molar-refractivity contribution in [3.8, 4) is 0 Å². The van der Waals surface area contributed by atoms with E-state index in [2.05, 4.69) is 5.32 Å². The van der Waals surface area contributed by atoms with Crippen LogP contribution in [0.4, 0.5) is 5.69 Å². The van der Waals surface area contributed by atoms with E-state index in [-0.39, 0.29) is 18.1 Å². The molecule has 1 aliphatic carbocycles. The van der Waals surface area contributed by atoms with E-state index >= 15 is 0 Å². The molecule has 0 bridgehead atoms. The van der Waals surface area contributed by atoms with E-state index in [1.807, 2.05) is 0 Å². The first-order valence-electron chi connectivity index (χ1n) is 6.73. The highest BCUT2D eigenvalue weighted by Gasteiger charge is 2.44. The molecule has 1 aromatic carbocycles. The molecule has 0 aromatic heterocycles. The SMILES string of the molecule is COCc1cc(NC(=O)C2(OC)CCC2)cc(C(=O)O)c1. The summed E-state index contributed by atoms with van der Waals surface area (Å²) in [6.07, 6.45) is 2.31. The molecule has 6 nitrogen and oxygen atoms in total. The summed E-state index contributed by atoms with van der Waals surface area (Å²) in [6.45, 7) is 0.277. The zero-order chi connectivity index (χ0) is 15.5. The summed E-state index contributed by atoms with van der Waals surface area (Å²) < 4.78 is 10.3. The number of methoxy groups -OCH3 is 2. The number of anilines is 1. The smallest absolute Gasteiger partial charge is 0.335 e. The third kappa shape index (κ3) is 3.22. The van der Waals surface area contributed by atoms with Crippen molar-refractivity contribution >= 4 is 17.6 Å². The van der Waals surface area contributed by atoms with Gasteiger partial charge in [0.05, 0.1) is 12.2 Å². The molecule has 21 heavy (non-hydrogen) atoms. The topological polar surface area (TPSA) is 84.9 Å². The highest BCUT2D eigenvalue weighted by atomic mass is 16.5. The van der Waals surface area contributed by atoms with Gasteiger partial charge in [-0.05, 0) is 43.0 Å². The fraction of sp³-hybridized carbons (Fsp3) is 0.467. The van der Waals surface area contributed by atoms with Crippen LogP contribution in [0.2, 0.25) is 0 Å². The molecule has 0 atom stereocenters. The van der Waals surface area contributed by atoms with Crippen molar-refractivity contribution in [3.63, 3.8) is 0 Å². The Morgan fingerprint density at radius 3 is 2.48 bits per heavy atom. The average molecular weight is 293 g/mol. The quantitative estimate of drug-likeness (QED) is 0.838. The molecule has 0 heterocycles. The van der Waals surface area contributed by atoms with Gasteiger partial charge in [-0.3, -0.25) is 4.79 Å². The number of benzene rings is 1. The van der Waals surface area contributed by atoms with E-state index in [1.54, 1.807) is 6.07 Å². The predicted molar refractivity (Wildman–Crippen MR) is 76.3 cm³/mol. The number of rotatable bonds is 6. The number of hydrogen-bond acceptors (Lipinski definition) is 4. The van der Waals surface area contributed by atoms with Crippen LogP contribution in [0.25, 0.3) is 0 Å². The Morgan fingerprint density at radius 1 is 1.29 bits per heavy atom. The first-order valence-corrected chi connectivity index (χ1v) is 6.73. The average Bonchev–Trinajstić information content (AvgIpc) is 2.38. The zero-order valence-electron chi connectivity index (χ0n) is 12.1. The maximum Gasteiger partial charge on any atom is 0.335 e. The molecule has 0 aliphatic heterocycles. The second kappa shape index (κ2) is 6.24. The molecule has 1 aliphatic rings. The molecule has 0 radical (unpaired) electrons. The molecular formula is C15H19NO5. The number of amides is 1. The van der Waals surface area contributed by atoms with Gasteiger partial charge in [-0.2, -0.15) is 0 Å². The van der Waals surface area contributed by atoms with Crippen molar-refractivity contribution in [1.29, 1.82) is 0 Å². The van der Waals surface area contributed by atoms with Crippen LogP contribution in [0.3, 0.4) is 0 Å². The van der Waals surface area contributed by atoms with Gasteiger partial charge in [-0.1, -0.05) is 0 Å². The molecule has 1 aromatic rings. The van der Waals surface area contributed by atoms with E-state index < -0.39 is 11.6 Å². The van der Waals surface area contributed by atoms with Crippen molar-refractivity contribution in [3.05, 3.63) is 29.3 Å². The number of ether oxygens (including phenoxy) is 2. The van der Waals surface area contributed by atoms with Gasteiger partial charge >= 0.3 is 5.97 Å². The number of carbonyl (C=O) groups is 2. The highest BCUT2D eigenvalue weighted by molar-refractivity contribution is 5.99. The molecule has 6 heteroatoms. The molecule has 2 N–H and O–H groups in total. The van der Waals surface area contributed by atoms with Gasteiger partial charge in [-0.25, -0.2) is 4.79 Å². The third-order valence-corrected chi connectivity index (χ3v) is 3.77. The van der Waals surface area contributed by atoms with Gasteiger partial charge < -0.3 is 19.9 Å². The lowest BCUT2D eigenvalue weighted by molar-refractivity contribution is -0.148. The first kappa shape index (κ1) is 15.5. The van der Waals surface area contributed by atoms with Crippen LogP contribution in [0.1, 0.15) is 35.2 Å². The van der Waals surface area contributed by atoms with Gasteiger partial charge in [0.2, 0.25) is 0 Å². The molecule has 2 rings (SSSR count). The fourth-order valence-electron chi connectivity index (χ4n) is 2.40. The number of nitrogens with one attached hydrogen (secondary N) is 1. The first-order chi connectivity index (χ1) is 10.0. The van der Waals surface area contributed by atoms with Crippen LogP contribution in [-0.2, 0) is 20.9 Å². The minimum Gasteiger partial charge on any atom is -0.478 e. The molecule has 114 valence electrons. The monoisotopic (exact) mass is 293 g/mol. The van der Waals surface area contributed by atoms with Crippen molar-refractivity contribution in [2.75, 3.05) is 19.5 Å². The van der Waals surface area contributed by atoms with Crippen LogP contribution in [0, 0.1) is 0 Å². The van der Waals surface area contributed by atoms with Gasteiger partial charge in [0.15, 0.2) is 0 Å². The molecule has 1 amide bonds. The number of carboxylic acid groups (broad SMARTS) is 1. The van der Waals surface area contributed by atoms with Gasteiger partial charge in [0.1, 0.15) is 5.60 Å². The Morgan fingerprint density at radius 2 is 2.00 bits per heavy atom. The molecular weight excluding hydrogens is 274 g/mol. The van der Waals surface area contributed by atoms with E-state index in [4.69, 9.17) is 14.6 Å². The second-order valence-electron chi connectivity index (χ2n) is 5.16. The summed E-state index contributed by atoms with van der Waals surface area (Å²) in [4.78, 5) is 23.4. The largest absolute Gasteiger partial charge is 0.478 e. The summed E-state index contributed by atoms with van der Waals surface area (Å²) in [5.74, 6) is -1.28. The van der Waals surface area contributed by atoms with E-state index in [0.717, 1.165) is 6.42 Å². The molecule has 1 fully saturated rings. The second-order valence-corrected chi connectivity index (χ2v) is 5.16. The minimum absolute atomic E-state index is 0.111. The molecule has 0 saturated heterocycles. The Labute approximate surface area is 123 Å². The highest BCUT2D eigenvalue weighted by Crippen LogP contribution is 2.36. The summed E-state index contributed by atoms with van der Waals surface area (Å²) in [5.41, 5.74) is 0.462. The molecule has 0 spiro atoms. The Bertz CT molecular complexity index is 545. The maximum absolute atomic E-state index is 12.3. The van der Waals surface area contributed by atoms with Crippen LogP contribution in [-0.4, -0.2) is 36.8 Å². The minimum atomic E-state index is -1.05. The summed E-state index contributed by atoms with van der Waals surface area (Å²) in [6, 6.07) is 4.66. The van der Waals surface area contributed by atoms with Crippen LogP contribution < -0.4 is 5.32 Å². The van der Waals surface area contributed by atoms with Gasteiger partial charge in [0, 0.05) is 19.9 Å².